The van der Waals surface area contributed by atoms with Gasteiger partial charge in [-0.3, -0.25) is 4.90 Å². The van der Waals surface area contributed by atoms with E-state index in [0.717, 1.165) is 43.9 Å². The van der Waals surface area contributed by atoms with Crippen LogP contribution in [0.15, 0.2) is 54.6 Å². The number of aryl methyl sites for hydroxylation is 1. The number of benzene rings is 2. The summed E-state index contributed by atoms with van der Waals surface area (Å²) in [5.41, 5.74) is 4.62. The van der Waals surface area contributed by atoms with Crippen LogP contribution in [0.5, 0.6) is 11.6 Å². The minimum Gasteiger partial charge on any atom is -0.438 e. The highest BCUT2D eigenvalue weighted by Gasteiger charge is 2.42. The highest BCUT2D eigenvalue weighted by atomic mass is 19.1. The molecule has 3 aliphatic heterocycles. The van der Waals surface area contributed by atoms with Gasteiger partial charge in [-0.25, -0.2) is 4.39 Å². The molecule has 0 N–H and O–H groups in total. The Bertz CT molecular complexity index is 993. The van der Waals surface area contributed by atoms with Gasteiger partial charge in [0.2, 0.25) is 5.88 Å². The van der Waals surface area contributed by atoms with Crippen molar-refractivity contribution in [2.75, 3.05) is 13.1 Å². The first-order valence-corrected chi connectivity index (χ1v) is 9.72. The van der Waals surface area contributed by atoms with Gasteiger partial charge in [0.15, 0.2) is 0 Å². The van der Waals surface area contributed by atoms with E-state index in [1.54, 1.807) is 12.1 Å². The lowest BCUT2D eigenvalue weighted by Gasteiger charge is -2.39. The Kier molecular flexibility index (Phi) is 4.13. The van der Waals surface area contributed by atoms with Crippen molar-refractivity contribution in [2.45, 2.75) is 31.7 Å². The number of ether oxygens (including phenoxy) is 1. The lowest BCUT2D eigenvalue weighted by Crippen LogP contribution is -2.39. The summed E-state index contributed by atoms with van der Waals surface area (Å²) in [5.74, 6) is 1.08. The molecule has 0 spiro atoms. The summed E-state index contributed by atoms with van der Waals surface area (Å²) in [4.78, 5) is 2.49. The summed E-state index contributed by atoms with van der Waals surface area (Å²) < 4.78 is 19.5. The molecule has 0 aliphatic carbocycles. The molecule has 0 saturated carbocycles. The summed E-state index contributed by atoms with van der Waals surface area (Å²) in [5, 5.41) is 8.15. The summed E-state index contributed by atoms with van der Waals surface area (Å²) in [6.45, 7) is 4.91. The normalized spacial score (nSPS) is 23.1. The first-order chi connectivity index (χ1) is 13.6. The third-order valence-electron chi connectivity index (χ3n) is 6.09. The van der Waals surface area contributed by atoms with Crippen LogP contribution >= 0.6 is 0 Å². The van der Waals surface area contributed by atoms with E-state index in [0.29, 0.717) is 5.88 Å². The average molecular weight is 375 g/mol. The molecular weight excluding hydrogens is 353 g/mol. The predicted octanol–water partition coefficient (Wildman–Crippen LogP) is 4.61. The molecule has 0 atom stereocenters. The van der Waals surface area contributed by atoms with Gasteiger partial charge in [0.25, 0.3) is 0 Å². The van der Waals surface area contributed by atoms with Crippen molar-refractivity contribution in [1.29, 1.82) is 0 Å². The molecule has 28 heavy (non-hydrogen) atoms. The summed E-state index contributed by atoms with van der Waals surface area (Å²) in [7, 11) is 0. The van der Waals surface area contributed by atoms with Gasteiger partial charge in [-0.15, -0.1) is 5.10 Å². The van der Waals surface area contributed by atoms with E-state index >= 15 is 0 Å². The molecule has 6 rings (SSSR count). The van der Waals surface area contributed by atoms with Crippen LogP contribution in [0.2, 0.25) is 0 Å². The van der Waals surface area contributed by atoms with Crippen LogP contribution in [0.3, 0.4) is 0 Å². The summed E-state index contributed by atoms with van der Waals surface area (Å²) >= 11 is 0. The molecule has 1 fully saturated rings. The molecule has 2 aromatic carbocycles. The van der Waals surface area contributed by atoms with E-state index in [-0.39, 0.29) is 11.2 Å². The van der Waals surface area contributed by atoms with Crippen molar-refractivity contribution in [3.8, 4) is 11.6 Å². The van der Waals surface area contributed by atoms with E-state index < -0.39 is 0 Å². The van der Waals surface area contributed by atoms with Crippen LogP contribution in [0, 0.1) is 12.7 Å². The zero-order chi connectivity index (χ0) is 19.1. The Morgan fingerprint density at radius 2 is 1.75 bits per heavy atom. The zero-order valence-corrected chi connectivity index (χ0v) is 15.9. The first kappa shape index (κ1) is 17.3. The van der Waals surface area contributed by atoms with Gasteiger partial charge in [0, 0.05) is 18.0 Å². The molecule has 3 aromatic rings. The van der Waals surface area contributed by atoms with Crippen LogP contribution < -0.4 is 4.74 Å². The van der Waals surface area contributed by atoms with E-state index in [2.05, 4.69) is 27.2 Å². The maximum Gasteiger partial charge on any atom is 0.238 e. The third kappa shape index (κ3) is 2.96. The van der Waals surface area contributed by atoms with Crippen LogP contribution in [0.1, 0.15) is 35.2 Å². The Morgan fingerprint density at radius 1 is 0.964 bits per heavy atom. The molecule has 142 valence electrons. The number of nitrogens with zero attached hydrogens (tertiary/aromatic N) is 3. The van der Waals surface area contributed by atoms with Crippen molar-refractivity contribution >= 4 is 0 Å². The molecule has 4 heterocycles. The Morgan fingerprint density at radius 3 is 2.46 bits per heavy atom. The van der Waals surface area contributed by atoms with E-state index in [4.69, 9.17) is 4.74 Å². The molecule has 0 amide bonds. The van der Waals surface area contributed by atoms with Gasteiger partial charge in [-0.05, 0) is 79.9 Å². The highest BCUT2D eigenvalue weighted by Crippen LogP contribution is 2.47. The maximum atomic E-state index is 13.5. The summed E-state index contributed by atoms with van der Waals surface area (Å²) in [6.07, 6.45) is 2.10. The first-order valence-electron chi connectivity index (χ1n) is 9.72. The lowest BCUT2D eigenvalue weighted by atomic mass is 9.68. The second kappa shape index (κ2) is 6.67. The fourth-order valence-electron chi connectivity index (χ4n) is 4.61. The van der Waals surface area contributed by atoms with E-state index in [1.165, 1.54) is 16.7 Å². The Hall–Kier alpha value is -2.79. The molecular formula is C23H22FN3O. The van der Waals surface area contributed by atoms with Crippen LogP contribution in [-0.2, 0) is 12.0 Å². The average Bonchev–Trinajstić information content (AvgIpc) is 2.96. The van der Waals surface area contributed by atoms with Crippen molar-refractivity contribution in [3.05, 3.63) is 82.8 Å². The van der Waals surface area contributed by atoms with Gasteiger partial charge in [0.1, 0.15) is 11.6 Å². The van der Waals surface area contributed by atoms with Crippen molar-refractivity contribution < 1.29 is 9.13 Å². The minimum atomic E-state index is -0.186. The predicted molar refractivity (Wildman–Crippen MR) is 105 cm³/mol. The standard InChI is InChI=1S/C23H22FN3O/c1-16-2-9-22(26-25-16)28-20-7-8-21-17(14-20)15-27-12-10-23(21,11-13-27)18-3-5-19(24)6-4-18/h2-9,14H,10-13,15H2,1H3. The van der Waals surface area contributed by atoms with Gasteiger partial charge in [0.05, 0.1) is 5.69 Å². The number of hydrogen-bond acceptors (Lipinski definition) is 4. The maximum absolute atomic E-state index is 13.5. The monoisotopic (exact) mass is 375 g/mol. The fraction of sp³-hybridized carbons (Fsp3) is 0.304. The van der Waals surface area contributed by atoms with E-state index in [9.17, 15) is 4.39 Å². The van der Waals surface area contributed by atoms with Crippen molar-refractivity contribution in [1.82, 2.24) is 15.1 Å². The Labute approximate surface area is 164 Å². The number of fused-ring (bicyclic) bond motifs is 2. The molecule has 4 nitrogen and oxygen atoms in total. The van der Waals surface area contributed by atoms with Gasteiger partial charge in [-0.2, -0.15) is 5.10 Å². The number of rotatable bonds is 3. The van der Waals surface area contributed by atoms with Gasteiger partial charge in [-0.1, -0.05) is 18.2 Å². The third-order valence-corrected chi connectivity index (χ3v) is 6.09. The van der Waals surface area contributed by atoms with Gasteiger partial charge >= 0.3 is 0 Å². The second-order valence-electron chi connectivity index (χ2n) is 7.80. The smallest absolute Gasteiger partial charge is 0.238 e. The molecule has 2 bridgehead atoms. The Balaban J connectivity index is 1.55. The molecule has 0 radical (unpaired) electrons. The summed E-state index contributed by atoms with van der Waals surface area (Å²) in [6, 6.07) is 17.1. The lowest BCUT2D eigenvalue weighted by molar-refractivity contribution is 0.190. The topological polar surface area (TPSA) is 38.2 Å². The van der Waals surface area contributed by atoms with Crippen LogP contribution in [0.4, 0.5) is 4.39 Å². The molecule has 1 aromatic heterocycles. The highest BCUT2D eigenvalue weighted by molar-refractivity contribution is 5.49. The minimum absolute atomic E-state index is 0.0573. The largest absolute Gasteiger partial charge is 0.438 e. The number of hydrogen-bond donors (Lipinski definition) is 0. The number of piperidine rings is 1. The molecule has 0 unspecified atom stereocenters. The molecule has 3 aliphatic rings. The van der Waals surface area contributed by atoms with Crippen molar-refractivity contribution in [2.24, 2.45) is 0 Å². The molecule has 1 saturated heterocycles. The van der Waals surface area contributed by atoms with E-state index in [1.807, 2.05) is 37.3 Å². The number of halogens is 1. The van der Waals surface area contributed by atoms with Crippen LogP contribution in [0.25, 0.3) is 0 Å². The zero-order valence-electron chi connectivity index (χ0n) is 15.9. The van der Waals surface area contributed by atoms with Gasteiger partial charge < -0.3 is 4.74 Å². The van der Waals surface area contributed by atoms with Crippen molar-refractivity contribution in [3.63, 3.8) is 0 Å². The quantitative estimate of drug-likeness (QED) is 0.670. The van der Waals surface area contributed by atoms with Crippen LogP contribution in [-0.4, -0.2) is 28.2 Å². The second-order valence-corrected chi connectivity index (χ2v) is 7.80. The fourth-order valence-corrected chi connectivity index (χ4v) is 4.61. The molecule has 5 heteroatoms. The SMILES string of the molecule is Cc1ccc(Oc2ccc3c(c2)CN2CCC3(c3ccc(F)cc3)CC2)nn1. The number of aromatic nitrogens is 2.